The third-order valence-electron chi connectivity index (χ3n) is 5.36. The number of aryl methyl sites for hydroxylation is 1. The topological polar surface area (TPSA) is 56.1 Å². The van der Waals surface area contributed by atoms with Crippen LogP contribution in [0.2, 0.25) is 0 Å². The first kappa shape index (κ1) is 18.6. The van der Waals surface area contributed by atoms with Gasteiger partial charge < -0.3 is 10.1 Å². The highest BCUT2D eigenvalue weighted by Gasteiger charge is 2.27. The van der Waals surface area contributed by atoms with E-state index in [1.807, 2.05) is 29.8 Å². The smallest absolute Gasteiger partial charge is 0.308 e. The van der Waals surface area contributed by atoms with Crippen molar-refractivity contribution in [1.29, 1.82) is 0 Å². The zero-order chi connectivity index (χ0) is 18.5. The quantitative estimate of drug-likeness (QED) is 0.803. The van der Waals surface area contributed by atoms with Gasteiger partial charge in [-0.2, -0.15) is 5.10 Å². The number of hydrogen-bond acceptors (Lipinski definition) is 4. The van der Waals surface area contributed by atoms with Gasteiger partial charge in [0.15, 0.2) is 0 Å². The van der Waals surface area contributed by atoms with E-state index < -0.39 is 0 Å². The number of para-hydroxylation sites is 1. The lowest BCUT2D eigenvalue weighted by atomic mass is 9.86. The average Bonchev–Trinajstić information content (AvgIpc) is 2.95. The zero-order valence-corrected chi connectivity index (χ0v) is 16.0. The predicted molar refractivity (Wildman–Crippen MR) is 102 cm³/mol. The number of hydrogen-bond donors (Lipinski definition) is 1. The van der Waals surface area contributed by atoms with Gasteiger partial charge in [-0.1, -0.05) is 18.2 Å². The summed E-state index contributed by atoms with van der Waals surface area (Å²) in [5, 5.41) is 8.39. The lowest BCUT2D eigenvalue weighted by molar-refractivity contribution is -0.149. The van der Waals surface area contributed by atoms with E-state index in [1.165, 1.54) is 11.3 Å². The van der Waals surface area contributed by atoms with Crippen molar-refractivity contribution in [2.45, 2.75) is 59.0 Å². The minimum absolute atomic E-state index is 0.0261. The van der Waals surface area contributed by atoms with Crippen LogP contribution in [0.25, 0.3) is 5.69 Å². The molecule has 26 heavy (non-hydrogen) atoms. The predicted octanol–water partition coefficient (Wildman–Crippen LogP) is 3.70. The van der Waals surface area contributed by atoms with Crippen molar-refractivity contribution in [1.82, 2.24) is 15.1 Å². The van der Waals surface area contributed by atoms with Gasteiger partial charge in [-0.25, -0.2) is 4.68 Å². The molecule has 140 valence electrons. The van der Waals surface area contributed by atoms with Gasteiger partial charge in [0, 0.05) is 23.8 Å². The SMILES string of the molecule is CCOC(=O)C1CCC(NCc2c(C)nn(-c3ccccc3)c2C)CC1. The lowest BCUT2D eigenvalue weighted by Gasteiger charge is -2.28. The van der Waals surface area contributed by atoms with Crippen LogP contribution in [0.1, 0.15) is 49.6 Å². The number of carbonyl (C=O) groups is 1. The molecule has 1 aromatic heterocycles. The highest BCUT2D eigenvalue weighted by molar-refractivity contribution is 5.72. The van der Waals surface area contributed by atoms with E-state index in [-0.39, 0.29) is 11.9 Å². The van der Waals surface area contributed by atoms with Gasteiger partial charge in [-0.3, -0.25) is 4.79 Å². The Labute approximate surface area is 155 Å². The fraction of sp³-hybridized carbons (Fsp3) is 0.524. The number of nitrogens with one attached hydrogen (secondary N) is 1. The second-order valence-corrected chi connectivity index (χ2v) is 7.08. The molecule has 1 aliphatic rings. The highest BCUT2D eigenvalue weighted by Crippen LogP contribution is 2.26. The van der Waals surface area contributed by atoms with Gasteiger partial charge >= 0.3 is 5.97 Å². The maximum absolute atomic E-state index is 11.9. The third-order valence-corrected chi connectivity index (χ3v) is 5.36. The van der Waals surface area contributed by atoms with E-state index in [0.717, 1.165) is 43.6 Å². The monoisotopic (exact) mass is 355 g/mol. The molecule has 0 spiro atoms. The molecule has 0 radical (unpaired) electrons. The van der Waals surface area contributed by atoms with E-state index in [1.54, 1.807) is 0 Å². The summed E-state index contributed by atoms with van der Waals surface area (Å²) in [5.41, 5.74) is 4.61. The van der Waals surface area contributed by atoms with Crippen LogP contribution < -0.4 is 5.32 Å². The number of benzene rings is 1. The highest BCUT2D eigenvalue weighted by atomic mass is 16.5. The van der Waals surface area contributed by atoms with E-state index in [9.17, 15) is 4.79 Å². The van der Waals surface area contributed by atoms with Crippen molar-refractivity contribution < 1.29 is 9.53 Å². The van der Waals surface area contributed by atoms with Gasteiger partial charge in [0.25, 0.3) is 0 Å². The van der Waals surface area contributed by atoms with Crippen molar-refractivity contribution in [2.75, 3.05) is 6.61 Å². The molecule has 1 aromatic carbocycles. The standard InChI is InChI=1S/C21H29N3O2/c1-4-26-21(25)17-10-12-18(13-11-17)22-14-20-15(2)23-24(16(20)3)19-8-6-5-7-9-19/h5-9,17-18,22H,4,10-14H2,1-3H3. The summed E-state index contributed by atoms with van der Waals surface area (Å²) in [4.78, 5) is 11.9. The Kier molecular flexibility index (Phi) is 6.09. The van der Waals surface area contributed by atoms with Crippen molar-refractivity contribution >= 4 is 5.97 Å². The van der Waals surface area contributed by atoms with Crippen LogP contribution in [-0.4, -0.2) is 28.4 Å². The molecule has 3 rings (SSSR count). The fourth-order valence-electron chi connectivity index (χ4n) is 3.79. The lowest BCUT2D eigenvalue weighted by Crippen LogP contribution is -2.35. The minimum Gasteiger partial charge on any atom is -0.466 e. The molecule has 0 aliphatic heterocycles. The molecule has 0 saturated heterocycles. The molecule has 5 nitrogen and oxygen atoms in total. The number of nitrogens with zero attached hydrogens (tertiary/aromatic N) is 2. The first-order chi connectivity index (χ1) is 12.6. The Balaban J connectivity index is 1.58. The maximum atomic E-state index is 11.9. The van der Waals surface area contributed by atoms with Gasteiger partial charge in [-0.05, 0) is 58.6 Å². The normalized spacial score (nSPS) is 20.1. The second-order valence-electron chi connectivity index (χ2n) is 7.08. The van der Waals surface area contributed by atoms with Gasteiger partial charge in [0.1, 0.15) is 0 Å². The first-order valence-electron chi connectivity index (χ1n) is 9.60. The average molecular weight is 355 g/mol. The summed E-state index contributed by atoms with van der Waals surface area (Å²) in [7, 11) is 0. The molecule has 0 bridgehead atoms. The molecule has 2 aromatic rings. The van der Waals surface area contributed by atoms with Gasteiger partial charge in [-0.15, -0.1) is 0 Å². The molecular weight excluding hydrogens is 326 g/mol. The maximum Gasteiger partial charge on any atom is 0.308 e. The van der Waals surface area contributed by atoms with E-state index >= 15 is 0 Å². The summed E-state index contributed by atoms with van der Waals surface area (Å²) in [5.74, 6) is 0.0547. The second kappa shape index (κ2) is 8.49. The van der Waals surface area contributed by atoms with Gasteiger partial charge in [0.05, 0.1) is 23.9 Å². The van der Waals surface area contributed by atoms with Crippen molar-refractivity contribution in [3.8, 4) is 5.69 Å². The van der Waals surface area contributed by atoms with Crippen LogP contribution >= 0.6 is 0 Å². The first-order valence-corrected chi connectivity index (χ1v) is 9.60. The fourth-order valence-corrected chi connectivity index (χ4v) is 3.79. The molecule has 1 saturated carbocycles. The number of esters is 1. The zero-order valence-electron chi connectivity index (χ0n) is 16.0. The molecule has 0 unspecified atom stereocenters. The molecule has 1 N–H and O–H groups in total. The number of carbonyl (C=O) groups excluding carboxylic acids is 1. The van der Waals surface area contributed by atoms with E-state index in [0.29, 0.717) is 12.6 Å². The van der Waals surface area contributed by atoms with Crippen LogP contribution in [0, 0.1) is 19.8 Å². The Bertz CT molecular complexity index is 731. The van der Waals surface area contributed by atoms with Crippen LogP contribution in [0.5, 0.6) is 0 Å². The van der Waals surface area contributed by atoms with Crippen LogP contribution in [0.15, 0.2) is 30.3 Å². The summed E-state index contributed by atoms with van der Waals surface area (Å²) in [6, 6.07) is 10.7. The molecule has 0 atom stereocenters. The Morgan fingerprint density at radius 2 is 1.88 bits per heavy atom. The minimum atomic E-state index is -0.0261. The van der Waals surface area contributed by atoms with Crippen LogP contribution in [0.3, 0.4) is 0 Å². The van der Waals surface area contributed by atoms with Crippen LogP contribution in [-0.2, 0) is 16.1 Å². The molecular formula is C21H29N3O2. The number of aromatic nitrogens is 2. The Morgan fingerprint density at radius 3 is 2.54 bits per heavy atom. The molecule has 5 heteroatoms. The molecule has 0 amide bonds. The number of ether oxygens (including phenoxy) is 1. The van der Waals surface area contributed by atoms with Gasteiger partial charge in [0.2, 0.25) is 0 Å². The summed E-state index contributed by atoms with van der Waals surface area (Å²) >= 11 is 0. The van der Waals surface area contributed by atoms with E-state index in [4.69, 9.17) is 9.84 Å². The Hall–Kier alpha value is -2.14. The van der Waals surface area contributed by atoms with Crippen molar-refractivity contribution in [3.63, 3.8) is 0 Å². The van der Waals surface area contributed by atoms with E-state index in [2.05, 4.69) is 31.3 Å². The Morgan fingerprint density at radius 1 is 1.19 bits per heavy atom. The summed E-state index contributed by atoms with van der Waals surface area (Å²) in [6.07, 6.45) is 3.87. The third kappa shape index (κ3) is 4.15. The van der Waals surface area contributed by atoms with Crippen molar-refractivity contribution in [3.05, 3.63) is 47.3 Å². The summed E-state index contributed by atoms with van der Waals surface area (Å²) < 4.78 is 7.17. The molecule has 1 fully saturated rings. The largest absolute Gasteiger partial charge is 0.466 e. The summed E-state index contributed by atoms with van der Waals surface area (Å²) in [6.45, 7) is 7.36. The molecule has 1 aliphatic carbocycles. The van der Waals surface area contributed by atoms with Crippen molar-refractivity contribution in [2.24, 2.45) is 5.92 Å². The number of rotatable bonds is 6. The molecule has 1 heterocycles. The van der Waals surface area contributed by atoms with Crippen LogP contribution in [0.4, 0.5) is 0 Å².